The quantitative estimate of drug-likeness (QED) is 0.320. The van der Waals surface area contributed by atoms with Crippen LogP contribution in [0.1, 0.15) is 31.7 Å². The van der Waals surface area contributed by atoms with E-state index in [9.17, 15) is 4.79 Å². The van der Waals surface area contributed by atoms with Gasteiger partial charge in [0.05, 0.1) is 6.10 Å². The number of carbonyl (C=O) groups is 1. The molecule has 0 unspecified atom stereocenters. The number of halogens is 2. The minimum Gasteiger partial charge on any atom is -0.378 e. The van der Waals surface area contributed by atoms with Gasteiger partial charge >= 0.3 is 0 Å². The predicted molar refractivity (Wildman–Crippen MR) is 125 cm³/mol. The van der Waals surface area contributed by atoms with Crippen molar-refractivity contribution in [1.82, 2.24) is 10.2 Å². The number of hydrogen-bond donors (Lipinski definition) is 2. The summed E-state index contributed by atoms with van der Waals surface area (Å²) in [5.74, 6) is 0.843. The zero-order chi connectivity index (χ0) is 18.9. The molecule has 0 spiro atoms. The average molecular weight is 553 g/mol. The number of piperidine rings is 1. The number of nitrogens with one attached hydrogen (secondary N) is 2. The third-order valence-corrected chi connectivity index (χ3v) is 4.96. The lowest BCUT2D eigenvalue weighted by Crippen LogP contribution is -2.47. The SMILES string of the molecule is CCOC1CCN(C(=NC)NCCC(=O)Nc2cc(Br)ccc2C)CC1.I. The van der Waals surface area contributed by atoms with Gasteiger partial charge in [-0.2, -0.15) is 0 Å². The van der Waals surface area contributed by atoms with E-state index in [4.69, 9.17) is 4.74 Å². The number of amides is 1. The largest absolute Gasteiger partial charge is 0.378 e. The standard InChI is InChI=1S/C19H29BrN4O2.HI/c1-4-26-16-8-11-24(12-9-16)19(21-3)22-10-7-18(25)23-17-13-15(20)6-5-14(17)2;/h5-6,13,16H,4,7-12H2,1-3H3,(H,21,22)(H,23,25);1H. The van der Waals surface area contributed by atoms with E-state index in [0.717, 1.165) is 54.2 Å². The van der Waals surface area contributed by atoms with Crippen LogP contribution in [-0.2, 0) is 9.53 Å². The fraction of sp³-hybridized carbons (Fsp3) is 0.579. The van der Waals surface area contributed by atoms with Crippen molar-refractivity contribution in [3.63, 3.8) is 0 Å². The molecule has 0 aromatic heterocycles. The van der Waals surface area contributed by atoms with Crippen molar-refractivity contribution in [1.29, 1.82) is 0 Å². The first-order valence-corrected chi connectivity index (χ1v) is 9.96. The molecule has 1 heterocycles. The lowest BCUT2D eigenvalue weighted by atomic mass is 10.1. The molecule has 1 aromatic rings. The number of rotatable bonds is 6. The molecule has 2 N–H and O–H groups in total. The smallest absolute Gasteiger partial charge is 0.226 e. The molecule has 152 valence electrons. The molecule has 2 rings (SSSR count). The van der Waals surface area contributed by atoms with E-state index in [2.05, 4.69) is 36.5 Å². The van der Waals surface area contributed by atoms with Gasteiger partial charge in [0.1, 0.15) is 0 Å². The normalized spacial score (nSPS) is 15.3. The van der Waals surface area contributed by atoms with Gasteiger partial charge in [-0.3, -0.25) is 9.79 Å². The van der Waals surface area contributed by atoms with Crippen LogP contribution in [0.4, 0.5) is 5.69 Å². The number of benzene rings is 1. The Morgan fingerprint density at radius 3 is 2.70 bits per heavy atom. The van der Waals surface area contributed by atoms with E-state index in [-0.39, 0.29) is 29.9 Å². The topological polar surface area (TPSA) is 66.0 Å². The number of anilines is 1. The van der Waals surface area contributed by atoms with E-state index in [1.807, 2.05) is 32.0 Å². The number of nitrogens with zero attached hydrogens (tertiary/aromatic N) is 2. The minimum absolute atomic E-state index is 0. The van der Waals surface area contributed by atoms with Gasteiger partial charge < -0.3 is 20.3 Å². The predicted octanol–water partition coefficient (Wildman–Crippen LogP) is 3.78. The number of aliphatic imine (C=N–C) groups is 1. The molecule has 1 amide bonds. The van der Waals surface area contributed by atoms with Crippen LogP contribution in [0.3, 0.4) is 0 Å². The van der Waals surface area contributed by atoms with Gasteiger partial charge in [0.2, 0.25) is 5.91 Å². The summed E-state index contributed by atoms with van der Waals surface area (Å²) in [6.07, 6.45) is 2.77. The first-order chi connectivity index (χ1) is 12.5. The Labute approximate surface area is 187 Å². The van der Waals surface area contributed by atoms with Crippen LogP contribution in [-0.4, -0.2) is 56.2 Å². The molecule has 0 aliphatic carbocycles. The molecule has 1 saturated heterocycles. The van der Waals surface area contributed by atoms with Gasteiger partial charge in [-0.1, -0.05) is 22.0 Å². The average Bonchev–Trinajstić information content (AvgIpc) is 2.63. The van der Waals surface area contributed by atoms with Crippen LogP contribution in [0.25, 0.3) is 0 Å². The highest BCUT2D eigenvalue weighted by molar-refractivity contribution is 14.0. The maximum atomic E-state index is 12.2. The molecular weight excluding hydrogens is 523 g/mol. The summed E-state index contributed by atoms with van der Waals surface area (Å²) in [4.78, 5) is 18.8. The van der Waals surface area contributed by atoms with Gasteiger partial charge in [0.25, 0.3) is 0 Å². The highest BCUT2D eigenvalue weighted by atomic mass is 127. The van der Waals surface area contributed by atoms with E-state index in [1.54, 1.807) is 7.05 Å². The molecule has 1 aliphatic heterocycles. The van der Waals surface area contributed by atoms with Crippen LogP contribution < -0.4 is 10.6 Å². The van der Waals surface area contributed by atoms with Gasteiger partial charge in [-0.15, -0.1) is 24.0 Å². The van der Waals surface area contributed by atoms with Gasteiger partial charge in [-0.25, -0.2) is 0 Å². The lowest BCUT2D eigenvalue weighted by molar-refractivity contribution is -0.116. The summed E-state index contributed by atoms with van der Waals surface area (Å²) < 4.78 is 6.64. The number of aryl methyl sites for hydroxylation is 1. The van der Waals surface area contributed by atoms with Crippen molar-refractivity contribution in [2.24, 2.45) is 4.99 Å². The summed E-state index contributed by atoms with van der Waals surface area (Å²) in [5, 5.41) is 6.26. The van der Waals surface area contributed by atoms with E-state index in [0.29, 0.717) is 19.1 Å². The first-order valence-electron chi connectivity index (χ1n) is 9.16. The van der Waals surface area contributed by atoms with Crippen molar-refractivity contribution in [2.45, 2.75) is 39.2 Å². The molecule has 0 atom stereocenters. The molecule has 6 nitrogen and oxygen atoms in total. The monoisotopic (exact) mass is 552 g/mol. The molecule has 0 radical (unpaired) electrons. The van der Waals surface area contributed by atoms with Crippen molar-refractivity contribution in [3.05, 3.63) is 28.2 Å². The zero-order valence-corrected chi connectivity index (χ0v) is 20.2. The second-order valence-corrected chi connectivity index (χ2v) is 7.29. The van der Waals surface area contributed by atoms with E-state index < -0.39 is 0 Å². The molecule has 0 bridgehead atoms. The highest BCUT2D eigenvalue weighted by Crippen LogP contribution is 2.20. The highest BCUT2D eigenvalue weighted by Gasteiger charge is 2.21. The summed E-state index contributed by atoms with van der Waals surface area (Å²) in [6.45, 7) is 7.18. The summed E-state index contributed by atoms with van der Waals surface area (Å²) >= 11 is 3.43. The summed E-state index contributed by atoms with van der Waals surface area (Å²) in [7, 11) is 1.78. The molecule has 1 aromatic carbocycles. The Hall–Kier alpha value is -0.870. The molecule has 27 heavy (non-hydrogen) atoms. The van der Waals surface area contributed by atoms with Crippen LogP contribution in [0.15, 0.2) is 27.7 Å². The Morgan fingerprint density at radius 2 is 2.07 bits per heavy atom. The van der Waals surface area contributed by atoms with Crippen molar-refractivity contribution in [2.75, 3.05) is 38.6 Å². The van der Waals surface area contributed by atoms with Crippen molar-refractivity contribution >= 4 is 57.5 Å². The second-order valence-electron chi connectivity index (χ2n) is 6.37. The Morgan fingerprint density at radius 1 is 1.37 bits per heavy atom. The molecular formula is C19H30BrIN4O2. The van der Waals surface area contributed by atoms with Crippen LogP contribution in [0, 0.1) is 6.92 Å². The lowest BCUT2D eigenvalue weighted by Gasteiger charge is -2.34. The van der Waals surface area contributed by atoms with Gasteiger partial charge in [0.15, 0.2) is 5.96 Å². The van der Waals surface area contributed by atoms with E-state index >= 15 is 0 Å². The number of guanidine groups is 1. The van der Waals surface area contributed by atoms with Crippen LogP contribution >= 0.6 is 39.9 Å². The summed E-state index contributed by atoms with van der Waals surface area (Å²) in [6, 6.07) is 5.86. The van der Waals surface area contributed by atoms with Crippen LogP contribution in [0.2, 0.25) is 0 Å². The Balaban J connectivity index is 0.00000364. The maximum absolute atomic E-state index is 12.2. The maximum Gasteiger partial charge on any atom is 0.226 e. The van der Waals surface area contributed by atoms with Crippen molar-refractivity contribution in [3.8, 4) is 0 Å². The fourth-order valence-electron chi connectivity index (χ4n) is 3.03. The van der Waals surface area contributed by atoms with Gasteiger partial charge in [0, 0.05) is 49.9 Å². The third kappa shape index (κ3) is 7.95. The van der Waals surface area contributed by atoms with E-state index in [1.165, 1.54) is 0 Å². The number of likely N-dealkylation sites (tertiary alicyclic amines) is 1. The molecule has 1 aliphatic rings. The number of ether oxygens (including phenoxy) is 1. The van der Waals surface area contributed by atoms with Crippen LogP contribution in [0.5, 0.6) is 0 Å². The molecule has 8 heteroatoms. The Bertz CT molecular complexity index is 634. The van der Waals surface area contributed by atoms with Crippen molar-refractivity contribution < 1.29 is 9.53 Å². The number of hydrogen-bond acceptors (Lipinski definition) is 3. The first kappa shape index (κ1) is 24.2. The molecule has 1 fully saturated rings. The minimum atomic E-state index is -0.00999. The fourth-order valence-corrected chi connectivity index (χ4v) is 3.39. The summed E-state index contributed by atoms with van der Waals surface area (Å²) in [5.41, 5.74) is 1.88. The van der Waals surface area contributed by atoms with Gasteiger partial charge in [-0.05, 0) is 44.4 Å². The number of carbonyl (C=O) groups excluding carboxylic acids is 1. The Kier molecular flexibility index (Phi) is 11.2. The zero-order valence-electron chi connectivity index (χ0n) is 16.3. The third-order valence-electron chi connectivity index (χ3n) is 4.46. The second kappa shape index (κ2) is 12.6. The molecule has 0 saturated carbocycles.